The van der Waals surface area contributed by atoms with Crippen molar-refractivity contribution >= 4 is 16.8 Å². The highest BCUT2D eigenvalue weighted by Gasteiger charge is 2.07. The van der Waals surface area contributed by atoms with E-state index in [2.05, 4.69) is 4.99 Å². The Morgan fingerprint density at radius 3 is 2.86 bits per heavy atom. The Hall–Kier alpha value is -0.0800. The molecule has 0 saturated carbocycles. The lowest BCUT2D eigenvalue weighted by Crippen LogP contribution is -2.11. The van der Waals surface area contributed by atoms with Gasteiger partial charge in [-0.3, -0.25) is 9.89 Å². The zero-order valence-electron chi connectivity index (χ0n) is 4.06. The summed E-state index contributed by atoms with van der Waals surface area (Å²) >= 11 is 5.48. The normalized spacial score (nSPS) is 22.9. The van der Waals surface area contributed by atoms with Gasteiger partial charge in [-0.1, -0.05) is 11.6 Å². The number of hydrogen-bond acceptors (Lipinski definition) is 2. The predicted octanol–water partition coefficient (Wildman–Crippen LogP) is 0.688. The molecule has 0 bridgehead atoms. The fourth-order valence-electron chi connectivity index (χ4n) is 0.449. The predicted molar refractivity (Wildman–Crippen MR) is 30.2 cm³/mol. The lowest BCUT2D eigenvalue weighted by Gasteiger charge is -1.99. The topological polar surface area (TPSA) is 15.6 Å². The summed E-state index contributed by atoms with van der Waals surface area (Å²) in [4.78, 5) is 5.72. The highest BCUT2D eigenvalue weighted by molar-refractivity contribution is 6.66. The van der Waals surface area contributed by atoms with Crippen LogP contribution in [0.25, 0.3) is 0 Å². The van der Waals surface area contributed by atoms with E-state index in [1.54, 1.807) is 6.67 Å². The zero-order valence-corrected chi connectivity index (χ0v) is 4.81. The van der Waals surface area contributed by atoms with Gasteiger partial charge in [0.2, 0.25) is 0 Å². The number of hydrogen-bond donors (Lipinski definition) is 0. The number of nitrogens with zero attached hydrogens (tertiary/aromatic N) is 2. The van der Waals surface area contributed by atoms with Crippen molar-refractivity contribution in [2.24, 2.45) is 4.99 Å². The smallest absolute Gasteiger partial charge is 0.140 e. The number of aliphatic imine (C=N–C) groups is 1. The third-order valence-electron chi connectivity index (χ3n) is 0.775. The van der Waals surface area contributed by atoms with E-state index in [0.717, 1.165) is 6.54 Å². The van der Waals surface area contributed by atoms with Crippen molar-refractivity contribution in [2.75, 3.05) is 13.6 Å². The van der Waals surface area contributed by atoms with Gasteiger partial charge in [-0.25, -0.2) is 0 Å². The molecule has 1 heterocycles. The van der Waals surface area contributed by atoms with E-state index in [1.165, 1.54) is 0 Å². The molecule has 0 fully saturated rings. The van der Waals surface area contributed by atoms with Gasteiger partial charge >= 0.3 is 0 Å². The first-order valence-electron chi connectivity index (χ1n) is 2.05. The van der Waals surface area contributed by atoms with Crippen molar-refractivity contribution in [3.05, 3.63) is 6.67 Å². The minimum absolute atomic E-state index is 0.669. The van der Waals surface area contributed by atoms with Gasteiger partial charge < -0.3 is 0 Å². The molecule has 0 spiro atoms. The molecule has 1 radical (unpaired) electrons. The van der Waals surface area contributed by atoms with Gasteiger partial charge in [0.25, 0.3) is 0 Å². The van der Waals surface area contributed by atoms with Crippen LogP contribution in [0, 0.1) is 6.67 Å². The summed E-state index contributed by atoms with van der Waals surface area (Å²) in [6, 6.07) is 0. The summed E-state index contributed by atoms with van der Waals surface area (Å²) in [5, 5.41) is 0.669. The van der Waals surface area contributed by atoms with Crippen LogP contribution in [0.2, 0.25) is 0 Å². The molecule has 7 heavy (non-hydrogen) atoms. The van der Waals surface area contributed by atoms with Crippen molar-refractivity contribution in [3.8, 4) is 0 Å². The monoisotopic (exact) mass is 117 g/mol. The number of halogens is 1. The van der Waals surface area contributed by atoms with Crippen LogP contribution in [0.3, 0.4) is 0 Å². The van der Waals surface area contributed by atoms with E-state index < -0.39 is 0 Å². The maximum Gasteiger partial charge on any atom is 0.140 e. The molecule has 0 aliphatic carbocycles. The second-order valence-corrected chi connectivity index (χ2v) is 1.97. The van der Waals surface area contributed by atoms with Crippen molar-refractivity contribution in [2.45, 2.75) is 0 Å². The molecule has 0 aromatic carbocycles. The van der Waals surface area contributed by atoms with E-state index in [1.807, 2.05) is 11.9 Å². The van der Waals surface area contributed by atoms with Crippen LogP contribution in [-0.4, -0.2) is 23.7 Å². The van der Waals surface area contributed by atoms with Gasteiger partial charge in [-0.05, 0) is 7.05 Å². The Kier molecular flexibility index (Phi) is 1.30. The molecule has 1 rings (SSSR count). The lowest BCUT2D eigenvalue weighted by atomic mass is 10.7. The molecule has 0 atom stereocenters. The highest BCUT2D eigenvalue weighted by Crippen LogP contribution is 2.03. The van der Waals surface area contributed by atoms with Crippen LogP contribution in [0.4, 0.5) is 0 Å². The molecular formula is C4H6ClN2. The van der Waals surface area contributed by atoms with Crippen molar-refractivity contribution in [1.82, 2.24) is 4.90 Å². The number of rotatable bonds is 0. The third kappa shape index (κ3) is 1.14. The summed E-state index contributed by atoms with van der Waals surface area (Å²) < 4.78 is 0. The quantitative estimate of drug-likeness (QED) is 0.456. The maximum atomic E-state index is 5.48. The largest absolute Gasteiger partial charge is 0.275 e. The van der Waals surface area contributed by atoms with Gasteiger partial charge in [0.1, 0.15) is 11.8 Å². The lowest BCUT2D eigenvalue weighted by molar-refractivity contribution is 0.489. The minimum Gasteiger partial charge on any atom is -0.275 e. The second-order valence-electron chi connectivity index (χ2n) is 1.54. The van der Waals surface area contributed by atoms with Crippen LogP contribution >= 0.6 is 11.6 Å². The molecule has 2 nitrogen and oxygen atoms in total. The Bertz CT molecular complexity index is 99.9. The summed E-state index contributed by atoms with van der Waals surface area (Å²) in [5.41, 5.74) is 0. The standard InChI is InChI=1S/C4H6ClN2/c1-7-2-4(5)6-3-7/h3H,2H2,1H3. The molecule has 0 saturated heterocycles. The second kappa shape index (κ2) is 1.80. The van der Waals surface area contributed by atoms with Crippen molar-refractivity contribution < 1.29 is 0 Å². The van der Waals surface area contributed by atoms with E-state index in [0.29, 0.717) is 5.17 Å². The highest BCUT2D eigenvalue weighted by atomic mass is 35.5. The van der Waals surface area contributed by atoms with E-state index in [9.17, 15) is 0 Å². The molecule has 1 aliphatic heterocycles. The summed E-state index contributed by atoms with van der Waals surface area (Å²) in [6.45, 7) is 2.48. The van der Waals surface area contributed by atoms with Gasteiger partial charge in [0.05, 0.1) is 6.54 Å². The molecule has 0 N–H and O–H groups in total. The van der Waals surface area contributed by atoms with Crippen LogP contribution < -0.4 is 0 Å². The average molecular weight is 118 g/mol. The molecule has 3 heteroatoms. The van der Waals surface area contributed by atoms with Crippen molar-refractivity contribution in [3.63, 3.8) is 0 Å². The summed E-state index contributed by atoms with van der Waals surface area (Å²) in [5.74, 6) is 0. The zero-order chi connectivity index (χ0) is 5.28. The molecule has 0 aromatic rings. The SMILES string of the molecule is CN1[CH]N=C(Cl)C1. The first-order valence-corrected chi connectivity index (χ1v) is 2.42. The Labute approximate surface area is 47.8 Å². The Balaban J connectivity index is 2.42. The van der Waals surface area contributed by atoms with Crippen LogP contribution in [0.1, 0.15) is 0 Å². The molecular weight excluding hydrogens is 112 g/mol. The fraction of sp³-hybridized carbons (Fsp3) is 0.500. The Morgan fingerprint density at radius 1 is 2.00 bits per heavy atom. The molecule has 39 valence electrons. The summed E-state index contributed by atoms with van der Waals surface area (Å²) in [6.07, 6.45) is 0. The fourth-order valence-corrected chi connectivity index (χ4v) is 0.681. The van der Waals surface area contributed by atoms with E-state index in [-0.39, 0.29) is 0 Å². The molecule has 0 unspecified atom stereocenters. The third-order valence-corrected chi connectivity index (χ3v) is 0.992. The maximum absolute atomic E-state index is 5.48. The molecule has 0 amide bonds. The van der Waals surface area contributed by atoms with Crippen LogP contribution in [0.15, 0.2) is 4.99 Å². The minimum atomic E-state index is 0.669. The Morgan fingerprint density at radius 2 is 2.71 bits per heavy atom. The van der Waals surface area contributed by atoms with Crippen molar-refractivity contribution in [1.29, 1.82) is 0 Å². The van der Waals surface area contributed by atoms with Gasteiger partial charge in [0.15, 0.2) is 0 Å². The van der Waals surface area contributed by atoms with E-state index >= 15 is 0 Å². The van der Waals surface area contributed by atoms with Gasteiger partial charge in [-0.15, -0.1) is 0 Å². The first kappa shape index (κ1) is 5.06. The summed E-state index contributed by atoms with van der Waals surface area (Å²) in [7, 11) is 1.93. The van der Waals surface area contributed by atoms with Gasteiger partial charge in [0, 0.05) is 0 Å². The van der Waals surface area contributed by atoms with Gasteiger partial charge in [-0.2, -0.15) is 0 Å². The molecule has 1 aliphatic rings. The first-order chi connectivity index (χ1) is 3.29. The van der Waals surface area contributed by atoms with E-state index in [4.69, 9.17) is 11.6 Å². The van der Waals surface area contributed by atoms with Crippen LogP contribution in [0.5, 0.6) is 0 Å². The van der Waals surface area contributed by atoms with Crippen LogP contribution in [-0.2, 0) is 0 Å². The molecule has 0 aromatic heterocycles. The average Bonchev–Trinajstić information content (AvgIpc) is 1.87.